The van der Waals surface area contributed by atoms with Gasteiger partial charge in [0, 0.05) is 59.2 Å². The number of hydrogen-bond donors (Lipinski definition) is 3. The smallest absolute Gasteiger partial charge is 0.311 e. The van der Waals surface area contributed by atoms with Crippen LogP contribution < -0.4 is 5.32 Å². The van der Waals surface area contributed by atoms with Gasteiger partial charge in [0.1, 0.15) is 11.5 Å². The number of aliphatic carboxylic acids is 1. The molecule has 9 heteroatoms. The van der Waals surface area contributed by atoms with Crippen molar-refractivity contribution in [3.63, 3.8) is 0 Å². The van der Waals surface area contributed by atoms with Crippen LogP contribution in [0.3, 0.4) is 0 Å². The summed E-state index contributed by atoms with van der Waals surface area (Å²) in [5.41, 5.74) is 11.6. The summed E-state index contributed by atoms with van der Waals surface area (Å²) in [5.74, 6) is -0.553. The third-order valence-corrected chi connectivity index (χ3v) is 12.9. The highest BCUT2D eigenvalue weighted by molar-refractivity contribution is 6.21. The summed E-state index contributed by atoms with van der Waals surface area (Å²) in [7, 11) is 0. The summed E-state index contributed by atoms with van der Waals surface area (Å²) in [4.78, 5) is 40.5. The van der Waals surface area contributed by atoms with Crippen molar-refractivity contribution in [2.75, 3.05) is 0 Å². The number of carbonyl (C=O) groups is 2. The van der Waals surface area contributed by atoms with Crippen molar-refractivity contribution in [3.8, 4) is 0 Å². The SMILES string of the molecule is CCCCCCCCCCCCCCCCCC(=O)OC1=C(C)C2=NC1=CC1=NC(=CC3=C(C)C4=C(O)CC(=C5NC(=C2)[C@@H](C)[C@@H]5CCC(=O)O)C4=N3)C(CC)=C1C. The van der Waals surface area contributed by atoms with E-state index < -0.39 is 5.97 Å². The maximum Gasteiger partial charge on any atom is 0.311 e. The Labute approximate surface area is 346 Å². The molecule has 8 bridgehead atoms. The highest BCUT2D eigenvalue weighted by Crippen LogP contribution is 2.46. The quantitative estimate of drug-likeness (QED) is 0.0783. The van der Waals surface area contributed by atoms with Crippen LogP contribution in [-0.2, 0) is 14.3 Å². The Morgan fingerprint density at radius 1 is 0.759 bits per heavy atom. The molecule has 5 aliphatic heterocycles. The van der Waals surface area contributed by atoms with E-state index in [4.69, 9.17) is 19.7 Å². The van der Waals surface area contributed by atoms with Gasteiger partial charge < -0.3 is 20.3 Å². The second-order valence-electron chi connectivity index (χ2n) is 17.1. The van der Waals surface area contributed by atoms with Gasteiger partial charge >= 0.3 is 11.9 Å². The number of carbonyl (C=O) groups excluding carboxylic acids is 1. The summed E-state index contributed by atoms with van der Waals surface area (Å²) in [6.07, 6.45) is 26.9. The van der Waals surface area contributed by atoms with Crippen LogP contribution in [-0.4, -0.2) is 39.3 Å². The average Bonchev–Trinajstić information content (AvgIpc) is 3.95. The van der Waals surface area contributed by atoms with Crippen LogP contribution in [0, 0.1) is 11.8 Å². The highest BCUT2D eigenvalue weighted by atomic mass is 16.5. The molecule has 0 aromatic carbocycles. The van der Waals surface area contributed by atoms with Gasteiger partial charge in [-0.2, -0.15) is 0 Å². The molecule has 5 heterocycles. The number of carboxylic acids is 1. The summed E-state index contributed by atoms with van der Waals surface area (Å²) in [6.45, 7) is 12.5. The van der Waals surface area contributed by atoms with E-state index in [1.807, 2.05) is 32.1 Å². The summed E-state index contributed by atoms with van der Waals surface area (Å²) in [5, 5.41) is 24.6. The number of aliphatic hydroxyl groups excluding tert-OH is 1. The van der Waals surface area contributed by atoms with Gasteiger partial charge in [0.05, 0.1) is 28.5 Å². The standard InChI is InChI=1S/C49H66N4O5/c1-7-9-10-11-12-13-14-15-16-17-18-19-20-21-22-23-45(57)58-49-33(6)40-27-38-31(4)35(24-25-44(55)56)47(52-38)36-26-43(54)46-32(5)39(53-48(36)46)28-41-34(8-2)30(3)37(50-41)29-42(49)51-40/h27-29,31,35,52,54H,7-26H2,1-6H3,(H,55,56)/t31-,35-/m0/s1. The van der Waals surface area contributed by atoms with E-state index in [0.717, 1.165) is 93.3 Å². The lowest BCUT2D eigenvalue weighted by Gasteiger charge is -2.17. The second kappa shape index (κ2) is 20.0. The van der Waals surface area contributed by atoms with Gasteiger partial charge in [0.25, 0.3) is 0 Å². The maximum absolute atomic E-state index is 13.4. The molecule has 1 saturated heterocycles. The Morgan fingerprint density at radius 3 is 1.98 bits per heavy atom. The number of rotatable bonds is 21. The molecule has 9 nitrogen and oxygen atoms in total. The first kappa shape index (κ1) is 43.1. The topological polar surface area (TPSA) is 133 Å². The predicted octanol–water partition coefficient (Wildman–Crippen LogP) is 12.3. The van der Waals surface area contributed by atoms with Crippen LogP contribution in [0.1, 0.15) is 170 Å². The van der Waals surface area contributed by atoms with Crippen LogP contribution >= 0.6 is 0 Å². The van der Waals surface area contributed by atoms with Crippen molar-refractivity contribution in [3.05, 3.63) is 91.7 Å². The molecule has 0 aromatic rings. The van der Waals surface area contributed by atoms with Crippen LogP contribution in [0.5, 0.6) is 0 Å². The molecule has 0 saturated carbocycles. The molecule has 1 fully saturated rings. The van der Waals surface area contributed by atoms with Crippen LogP contribution in [0.25, 0.3) is 0 Å². The molecule has 0 unspecified atom stereocenters. The van der Waals surface area contributed by atoms with E-state index in [-0.39, 0.29) is 30.0 Å². The number of fused-ring (bicyclic) bond motifs is 5. The lowest BCUT2D eigenvalue weighted by molar-refractivity contribution is -0.139. The van der Waals surface area contributed by atoms with E-state index in [9.17, 15) is 19.8 Å². The number of nitrogens with zero attached hydrogens (tertiary/aromatic N) is 3. The minimum Gasteiger partial charge on any atom is -0.511 e. The van der Waals surface area contributed by atoms with Crippen molar-refractivity contribution in [1.29, 1.82) is 0 Å². The van der Waals surface area contributed by atoms with Crippen molar-refractivity contribution < 1.29 is 24.5 Å². The molecule has 6 aliphatic rings. The third-order valence-electron chi connectivity index (χ3n) is 12.9. The van der Waals surface area contributed by atoms with E-state index in [2.05, 4.69) is 33.0 Å². The normalized spacial score (nSPS) is 21.1. The first-order chi connectivity index (χ1) is 28.0. The molecule has 1 aliphatic carbocycles. The predicted molar refractivity (Wildman–Crippen MR) is 235 cm³/mol. The number of aliphatic imine (C=N–C) groups is 3. The molecule has 0 spiro atoms. The van der Waals surface area contributed by atoms with Gasteiger partial charge in [-0.3, -0.25) is 9.59 Å². The van der Waals surface area contributed by atoms with Crippen LogP contribution in [0.15, 0.2) is 107 Å². The van der Waals surface area contributed by atoms with Crippen molar-refractivity contribution in [2.45, 2.75) is 170 Å². The maximum atomic E-state index is 13.4. The fourth-order valence-electron chi connectivity index (χ4n) is 9.29. The van der Waals surface area contributed by atoms with Crippen LogP contribution in [0.2, 0.25) is 0 Å². The number of carboxylic acid groups (broad SMARTS) is 1. The van der Waals surface area contributed by atoms with Gasteiger partial charge in [-0.1, -0.05) is 111 Å². The van der Waals surface area contributed by atoms with E-state index in [0.29, 0.717) is 36.4 Å². The van der Waals surface area contributed by atoms with Gasteiger partial charge in [0.2, 0.25) is 0 Å². The minimum atomic E-state index is -0.846. The number of aliphatic hydroxyl groups is 1. The Hall–Kier alpha value is -4.53. The third kappa shape index (κ3) is 9.83. The second-order valence-corrected chi connectivity index (χ2v) is 17.1. The van der Waals surface area contributed by atoms with E-state index >= 15 is 0 Å². The fraction of sp³-hybridized carbons (Fsp3) is 0.571. The van der Waals surface area contributed by atoms with Crippen molar-refractivity contribution in [2.24, 2.45) is 26.8 Å². The number of hydrogen-bond acceptors (Lipinski definition) is 8. The zero-order valence-electron chi connectivity index (χ0n) is 36.0. The molecule has 0 aromatic heterocycles. The number of allylic oxidation sites excluding steroid dienone is 11. The summed E-state index contributed by atoms with van der Waals surface area (Å²) in [6, 6.07) is 0. The highest BCUT2D eigenvalue weighted by Gasteiger charge is 2.41. The molecule has 2 atom stereocenters. The Morgan fingerprint density at radius 2 is 1.36 bits per heavy atom. The lowest BCUT2D eigenvalue weighted by atomic mass is 9.86. The molecule has 3 N–H and O–H groups in total. The first-order valence-corrected chi connectivity index (χ1v) is 22.4. The zero-order valence-corrected chi connectivity index (χ0v) is 36.0. The number of ether oxygens (including phenoxy) is 1. The van der Waals surface area contributed by atoms with Gasteiger partial charge in [0.15, 0.2) is 5.76 Å². The summed E-state index contributed by atoms with van der Waals surface area (Å²) >= 11 is 0. The monoisotopic (exact) mass is 791 g/mol. The molecular formula is C49H66N4O5. The lowest BCUT2D eigenvalue weighted by Crippen LogP contribution is -2.15. The Kier molecular flexibility index (Phi) is 14.8. The first-order valence-electron chi connectivity index (χ1n) is 22.4. The molecule has 0 radical (unpaired) electrons. The largest absolute Gasteiger partial charge is 0.511 e. The molecular weight excluding hydrogens is 725 g/mol. The van der Waals surface area contributed by atoms with Crippen LogP contribution in [0.4, 0.5) is 0 Å². The van der Waals surface area contributed by atoms with Gasteiger partial charge in [-0.15, -0.1) is 0 Å². The van der Waals surface area contributed by atoms with Gasteiger partial charge in [-0.25, -0.2) is 15.0 Å². The Balaban J connectivity index is 1.17. The molecule has 312 valence electrons. The molecule has 0 amide bonds. The average molecular weight is 791 g/mol. The molecule has 6 rings (SSSR count). The number of unbranched alkanes of at least 4 members (excludes halogenated alkanes) is 14. The van der Waals surface area contributed by atoms with Crippen molar-refractivity contribution in [1.82, 2.24) is 5.32 Å². The minimum absolute atomic E-state index is 0.0198. The van der Waals surface area contributed by atoms with Crippen molar-refractivity contribution >= 4 is 29.1 Å². The number of nitrogens with one attached hydrogen (secondary N) is 1. The zero-order chi connectivity index (χ0) is 41.3. The van der Waals surface area contributed by atoms with E-state index in [1.165, 1.54) is 77.0 Å². The molecule has 58 heavy (non-hydrogen) atoms. The summed E-state index contributed by atoms with van der Waals surface area (Å²) < 4.78 is 6.18. The number of esters is 1. The van der Waals surface area contributed by atoms with E-state index in [1.54, 1.807) is 0 Å². The Bertz CT molecular complexity index is 2010. The van der Waals surface area contributed by atoms with Gasteiger partial charge in [-0.05, 0) is 75.0 Å². The fourth-order valence-corrected chi connectivity index (χ4v) is 9.29.